The number of rotatable bonds is 3. The number of anilines is 1. The van der Waals surface area contributed by atoms with Gasteiger partial charge in [0, 0.05) is 22.6 Å². The van der Waals surface area contributed by atoms with Gasteiger partial charge in [0.2, 0.25) is 0 Å². The minimum Gasteiger partial charge on any atom is -0.373 e. The molecular formula is C14H16BrN3. The zero-order valence-corrected chi connectivity index (χ0v) is 12.3. The van der Waals surface area contributed by atoms with Crippen molar-refractivity contribution in [2.24, 2.45) is 0 Å². The monoisotopic (exact) mass is 305 g/mol. The Kier molecular flexibility index (Phi) is 3.97. The van der Waals surface area contributed by atoms with Gasteiger partial charge < -0.3 is 5.32 Å². The van der Waals surface area contributed by atoms with Gasteiger partial charge in [0.05, 0.1) is 5.69 Å². The van der Waals surface area contributed by atoms with Crippen molar-refractivity contribution in [2.75, 3.05) is 12.4 Å². The second-order valence-electron chi connectivity index (χ2n) is 4.40. The minimum atomic E-state index is 0.368. The SMILES string of the molecule is CNc1ncnc(-c2ccc(Br)cc2)c1C(C)C. The van der Waals surface area contributed by atoms with Crippen LogP contribution in [0.3, 0.4) is 0 Å². The lowest BCUT2D eigenvalue weighted by atomic mass is 9.97. The molecule has 2 aromatic rings. The molecule has 0 fully saturated rings. The lowest BCUT2D eigenvalue weighted by molar-refractivity contribution is 0.852. The molecule has 0 radical (unpaired) electrons. The van der Waals surface area contributed by atoms with Gasteiger partial charge in [-0.3, -0.25) is 0 Å². The molecule has 1 heterocycles. The van der Waals surface area contributed by atoms with E-state index >= 15 is 0 Å². The van der Waals surface area contributed by atoms with Crippen molar-refractivity contribution in [2.45, 2.75) is 19.8 Å². The molecule has 0 spiro atoms. The van der Waals surface area contributed by atoms with Crippen LogP contribution in [0.4, 0.5) is 5.82 Å². The average molecular weight is 306 g/mol. The van der Waals surface area contributed by atoms with E-state index in [0.717, 1.165) is 27.1 Å². The Labute approximate surface area is 116 Å². The van der Waals surface area contributed by atoms with E-state index in [2.05, 4.69) is 57.2 Å². The molecule has 3 nitrogen and oxygen atoms in total. The van der Waals surface area contributed by atoms with E-state index in [4.69, 9.17) is 0 Å². The van der Waals surface area contributed by atoms with E-state index in [0.29, 0.717) is 5.92 Å². The Balaban J connectivity index is 2.59. The number of nitrogens with one attached hydrogen (secondary N) is 1. The largest absolute Gasteiger partial charge is 0.373 e. The Bertz CT molecular complexity index is 535. The first-order valence-electron chi connectivity index (χ1n) is 5.92. The van der Waals surface area contributed by atoms with Crippen LogP contribution in [0.1, 0.15) is 25.3 Å². The summed E-state index contributed by atoms with van der Waals surface area (Å²) in [6, 6.07) is 8.19. The van der Waals surface area contributed by atoms with Gasteiger partial charge in [0.1, 0.15) is 12.1 Å². The van der Waals surface area contributed by atoms with E-state index in [9.17, 15) is 0 Å². The summed E-state index contributed by atoms with van der Waals surface area (Å²) in [5, 5.41) is 3.14. The Hall–Kier alpha value is -1.42. The number of halogens is 1. The van der Waals surface area contributed by atoms with Crippen LogP contribution in [0, 0.1) is 0 Å². The van der Waals surface area contributed by atoms with Gasteiger partial charge in [0.25, 0.3) is 0 Å². The van der Waals surface area contributed by atoms with Gasteiger partial charge in [-0.25, -0.2) is 9.97 Å². The van der Waals surface area contributed by atoms with Crippen molar-refractivity contribution in [1.82, 2.24) is 9.97 Å². The number of benzene rings is 1. The molecule has 1 aromatic carbocycles. The molecule has 18 heavy (non-hydrogen) atoms. The van der Waals surface area contributed by atoms with Gasteiger partial charge in [-0.2, -0.15) is 0 Å². The predicted octanol–water partition coefficient (Wildman–Crippen LogP) is 4.07. The van der Waals surface area contributed by atoms with E-state index in [1.54, 1.807) is 6.33 Å². The van der Waals surface area contributed by atoms with Crippen LogP contribution in [0.25, 0.3) is 11.3 Å². The van der Waals surface area contributed by atoms with Crippen LogP contribution in [0.5, 0.6) is 0 Å². The number of hydrogen-bond donors (Lipinski definition) is 1. The Morgan fingerprint density at radius 2 is 1.78 bits per heavy atom. The fourth-order valence-electron chi connectivity index (χ4n) is 1.98. The molecule has 1 aromatic heterocycles. The summed E-state index contributed by atoms with van der Waals surface area (Å²) in [4.78, 5) is 8.73. The quantitative estimate of drug-likeness (QED) is 0.929. The first-order valence-corrected chi connectivity index (χ1v) is 6.71. The smallest absolute Gasteiger partial charge is 0.133 e. The van der Waals surface area contributed by atoms with Crippen LogP contribution in [0.15, 0.2) is 35.1 Å². The molecule has 0 bridgehead atoms. The van der Waals surface area contributed by atoms with Crippen molar-refractivity contribution in [3.8, 4) is 11.3 Å². The lowest BCUT2D eigenvalue weighted by Gasteiger charge is -2.15. The van der Waals surface area contributed by atoms with Gasteiger partial charge in [-0.05, 0) is 18.1 Å². The first-order chi connectivity index (χ1) is 8.63. The van der Waals surface area contributed by atoms with Crippen LogP contribution in [-0.2, 0) is 0 Å². The molecule has 0 saturated heterocycles. The molecule has 0 aliphatic heterocycles. The maximum atomic E-state index is 4.44. The highest BCUT2D eigenvalue weighted by atomic mass is 79.9. The van der Waals surface area contributed by atoms with Gasteiger partial charge in [-0.15, -0.1) is 0 Å². The highest BCUT2D eigenvalue weighted by molar-refractivity contribution is 9.10. The lowest BCUT2D eigenvalue weighted by Crippen LogP contribution is -2.04. The summed E-state index contributed by atoms with van der Waals surface area (Å²) in [6.07, 6.45) is 1.61. The van der Waals surface area contributed by atoms with Crippen LogP contribution >= 0.6 is 15.9 Å². The highest BCUT2D eigenvalue weighted by Gasteiger charge is 2.15. The molecule has 0 amide bonds. The summed E-state index contributed by atoms with van der Waals surface area (Å²) in [5.41, 5.74) is 3.26. The maximum absolute atomic E-state index is 4.44. The van der Waals surface area contributed by atoms with Crippen molar-refractivity contribution in [3.63, 3.8) is 0 Å². The summed E-state index contributed by atoms with van der Waals surface area (Å²) in [7, 11) is 1.89. The van der Waals surface area contributed by atoms with E-state index < -0.39 is 0 Å². The average Bonchev–Trinajstić information content (AvgIpc) is 2.38. The molecule has 1 N–H and O–H groups in total. The van der Waals surface area contributed by atoms with Crippen LogP contribution in [0.2, 0.25) is 0 Å². The molecule has 0 saturated carbocycles. The molecule has 4 heteroatoms. The highest BCUT2D eigenvalue weighted by Crippen LogP contribution is 2.32. The van der Waals surface area contributed by atoms with E-state index in [1.165, 1.54) is 0 Å². The van der Waals surface area contributed by atoms with Gasteiger partial charge in [0.15, 0.2) is 0 Å². The summed E-state index contributed by atoms with van der Waals surface area (Å²) in [5.74, 6) is 1.27. The van der Waals surface area contributed by atoms with Crippen molar-refractivity contribution < 1.29 is 0 Å². The van der Waals surface area contributed by atoms with Crippen LogP contribution < -0.4 is 5.32 Å². The topological polar surface area (TPSA) is 37.8 Å². The third kappa shape index (κ3) is 2.53. The number of nitrogens with zero attached hydrogens (tertiary/aromatic N) is 2. The third-order valence-electron chi connectivity index (χ3n) is 2.82. The number of hydrogen-bond acceptors (Lipinski definition) is 3. The predicted molar refractivity (Wildman–Crippen MR) is 78.8 cm³/mol. The standard InChI is InChI=1S/C14H16BrN3/c1-9(2)12-13(17-8-18-14(12)16-3)10-4-6-11(15)7-5-10/h4-9H,1-3H3,(H,16,17,18). The second kappa shape index (κ2) is 5.48. The van der Waals surface area contributed by atoms with E-state index in [1.807, 2.05) is 19.2 Å². The number of aromatic nitrogens is 2. The molecule has 94 valence electrons. The summed E-state index contributed by atoms with van der Waals surface area (Å²) < 4.78 is 1.07. The van der Waals surface area contributed by atoms with Crippen LogP contribution in [-0.4, -0.2) is 17.0 Å². The Morgan fingerprint density at radius 1 is 1.11 bits per heavy atom. The molecular weight excluding hydrogens is 290 g/mol. The van der Waals surface area contributed by atoms with Crippen molar-refractivity contribution in [1.29, 1.82) is 0 Å². The fourth-order valence-corrected chi connectivity index (χ4v) is 2.24. The summed E-state index contributed by atoms with van der Waals surface area (Å²) >= 11 is 3.45. The Morgan fingerprint density at radius 3 is 2.33 bits per heavy atom. The molecule has 0 aliphatic rings. The van der Waals surface area contributed by atoms with Gasteiger partial charge >= 0.3 is 0 Å². The molecule has 0 unspecified atom stereocenters. The normalized spacial score (nSPS) is 10.7. The molecule has 0 atom stereocenters. The molecule has 2 rings (SSSR count). The van der Waals surface area contributed by atoms with Gasteiger partial charge in [-0.1, -0.05) is 41.9 Å². The first kappa shape index (κ1) is 13.0. The van der Waals surface area contributed by atoms with Crippen molar-refractivity contribution in [3.05, 3.63) is 40.6 Å². The maximum Gasteiger partial charge on any atom is 0.133 e. The third-order valence-corrected chi connectivity index (χ3v) is 3.34. The minimum absolute atomic E-state index is 0.368. The zero-order chi connectivity index (χ0) is 13.1. The van der Waals surface area contributed by atoms with E-state index in [-0.39, 0.29) is 0 Å². The summed E-state index contributed by atoms with van der Waals surface area (Å²) in [6.45, 7) is 4.31. The second-order valence-corrected chi connectivity index (χ2v) is 5.31. The zero-order valence-electron chi connectivity index (χ0n) is 10.7. The van der Waals surface area contributed by atoms with Crippen molar-refractivity contribution >= 4 is 21.7 Å². The molecule has 0 aliphatic carbocycles. The fraction of sp³-hybridized carbons (Fsp3) is 0.286.